The molecule has 1 fully saturated rings. The number of carboxylic acid groups (broad SMARTS) is 1. The summed E-state index contributed by atoms with van der Waals surface area (Å²) in [4.78, 5) is 28.4. The van der Waals surface area contributed by atoms with Gasteiger partial charge in [0.25, 0.3) is 0 Å². The Labute approximate surface area is 153 Å². The van der Waals surface area contributed by atoms with Crippen molar-refractivity contribution in [2.45, 2.75) is 31.6 Å². The average Bonchev–Trinajstić information content (AvgIpc) is 3.22. The van der Waals surface area contributed by atoms with E-state index in [4.69, 9.17) is 11.6 Å². The molecule has 1 saturated carbocycles. The van der Waals surface area contributed by atoms with Gasteiger partial charge in [0.05, 0.1) is 22.3 Å². The van der Waals surface area contributed by atoms with Crippen LogP contribution in [0.3, 0.4) is 0 Å². The molecule has 1 aliphatic rings. The summed E-state index contributed by atoms with van der Waals surface area (Å²) in [7, 11) is 0. The lowest BCUT2D eigenvalue weighted by molar-refractivity contribution is -0.117. The van der Waals surface area contributed by atoms with Crippen LogP contribution >= 0.6 is 11.6 Å². The van der Waals surface area contributed by atoms with Gasteiger partial charge in [0, 0.05) is 24.4 Å². The lowest BCUT2D eigenvalue weighted by atomic mass is 10.1. The van der Waals surface area contributed by atoms with E-state index in [2.05, 4.69) is 15.4 Å². The predicted octanol–water partition coefficient (Wildman–Crippen LogP) is 3.33. The van der Waals surface area contributed by atoms with Gasteiger partial charge in [-0.2, -0.15) is 5.10 Å². The Kier molecular flexibility index (Phi) is 3.91. The third-order valence-corrected chi connectivity index (χ3v) is 4.65. The molecular weight excluding hydrogens is 358 g/mol. The van der Waals surface area contributed by atoms with E-state index in [0.29, 0.717) is 22.1 Å². The second-order valence-electron chi connectivity index (χ2n) is 6.41. The van der Waals surface area contributed by atoms with Crippen LogP contribution in [-0.4, -0.2) is 36.3 Å². The van der Waals surface area contributed by atoms with Crippen LogP contribution in [0.5, 0.6) is 0 Å². The zero-order chi connectivity index (χ0) is 18.4. The van der Waals surface area contributed by atoms with E-state index in [0.717, 1.165) is 17.5 Å². The standard InChI is InChI=1S/C17H16ClN5O3/c1-9(13-8-22-7-11(18)4-5-14(22)19-13)16(24)20-15-6-12(10-2-3-10)21-23(15)17(25)26/h4-10H,2-3H2,1H3,(H,20,24)(H,25,26). The van der Waals surface area contributed by atoms with Crippen molar-refractivity contribution in [1.29, 1.82) is 0 Å². The number of amides is 1. The van der Waals surface area contributed by atoms with Crippen molar-refractivity contribution in [3.8, 4) is 0 Å². The Bertz CT molecular complexity index is 1020. The van der Waals surface area contributed by atoms with Crippen LogP contribution in [0.4, 0.5) is 10.6 Å². The highest BCUT2D eigenvalue weighted by Gasteiger charge is 2.29. The Morgan fingerprint density at radius 2 is 2.12 bits per heavy atom. The van der Waals surface area contributed by atoms with Gasteiger partial charge in [0.2, 0.25) is 5.91 Å². The Hall–Kier alpha value is -2.87. The molecule has 3 heterocycles. The van der Waals surface area contributed by atoms with Gasteiger partial charge in [-0.15, -0.1) is 4.68 Å². The lowest BCUT2D eigenvalue weighted by Gasteiger charge is -2.09. The molecule has 3 aromatic heterocycles. The number of fused-ring (bicyclic) bond motifs is 1. The van der Waals surface area contributed by atoms with Crippen molar-refractivity contribution in [3.63, 3.8) is 0 Å². The molecule has 1 amide bonds. The first kappa shape index (κ1) is 16.6. The van der Waals surface area contributed by atoms with Crippen LogP contribution in [0, 0.1) is 0 Å². The van der Waals surface area contributed by atoms with Gasteiger partial charge >= 0.3 is 6.09 Å². The van der Waals surface area contributed by atoms with E-state index in [1.54, 1.807) is 41.9 Å². The van der Waals surface area contributed by atoms with Crippen LogP contribution in [0.2, 0.25) is 5.02 Å². The van der Waals surface area contributed by atoms with E-state index in [1.165, 1.54) is 0 Å². The molecular formula is C17H16ClN5O3. The number of hydrogen-bond donors (Lipinski definition) is 2. The predicted molar refractivity (Wildman–Crippen MR) is 94.9 cm³/mol. The van der Waals surface area contributed by atoms with Crippen LogP contribution in [0.1, 0.15) is 43.0 Å². The van der Waals surface area contributed by atoms with Crippen LogP contribution < -0.4 is 5.32 Å². The van der Waals surface area contributed by atoms with Gasteiger partial charge in [-0.05, 0) is 31.9 Å². The van der Waals surface area contributed by atoms with E-state index in [-0.39, 0.29) is 17.6 Å². The van der Waals surface area contributed by atoms with Crippen LogP contribution in [0.25, 0.3) is 5.65 Å². The molecule has 0 aliphatic heterocycles. The molecule has 0 bridgehead atoms. The fourth-order valence-corrected chi connectivity index (χ4v) is 2.94. The molecule has 134 valence electrons. The summed E-state index contributed by atoms with van der Waals surface area (Å²) in [6, 6.07) is 5.11. The summed E-state index contributed by atoms with van der Waals surface area (Å²) in [5.74, 6) is -0.491. The first-order valence-corrected chi connectivity index (χ1v) is 8.58. The first-order valence-electron chi connectivity index (χ1n) is 8.20. The fourth-order valence-electron chi connectivity index (χ4n) is 2.77. The van der Waals surface area contributed by atoms with E-state index in [1.807, 2.05) is 0 Å². The Morgan fingerprint density at radius 1 is 1.35 bits per heavy atom. The van der Waals surface area contributed by atoms with Gasteiger partial charge in [-0.1, -0.05) is 11.6 Å². The first-order chi connectivity index (χ1) is 12.4. The molecule has 26 heavy (non-hydrogen) atoms. The molecule has 2 N–H and O–H groups in total. The zero-order valence-electron chi connectivity index (χ0n) is 13.9. The molecule has 9 heteroatoms. The smallest absolute Gasteiger partial charge is 0.434 e. The van der Waals surface area contributed by atoms with Crippen molar-refractivity contribution in [3.05, 3.63) is 47.0 Å². The molecule has 0 saturated heterocycles. The summed E-state index contributed by atoms with van der Waals surface area (Å²) < 4.78 is 2.55. The third-order valence-electron chi connectivity index (χ3n) is 4.43. The maximum absolute atomic E-state index is 12.6. The van der Waals surface area contributed by atoms with Crippen molar-refractivity contribution < 1.29 is 14.7 Å². The number of anilines is 1. The van der Waals surface area contributed by atoms with Gasteiger partial charge in [-0.25, -0.2) is 9.78 Å². The highest BCUT2D eigenvalue weighted by Crippen LogP contribution is 2.40. The average molecular weight is 374 g/mol. The fraction of sp³-hybridized carbons (Fsp3) is 0.294. The molecule has 8 nitrogen and oxygen atoms in total. The minimum absolute atomic E-state index is 0.156. The largest absolute Gasteiger partial charge is 0.463 e. The monoisotopic (exact) mass is 373 g/mol. The SMILES string of the molecule is CC(C(=O)Nc1cc(C2CC2)nn1C(=O)O)c1cn2cc(Cl)ccc2n1. The summed E-state index contributed by atoms with van der Waals surface area (Å²) in [6.07, 6.45) is 4.19. The summed E-state index contributed by atoms with van der Waals surface area (Å²) in [5.41, 5.74) is 1.93. The summed E-state index contributed by atoms with van der Waals surface area (Å²) in [6.45, 7) is 1.71. The topological polar surface area (TPSA) is 102 Å². The third kappa shape index (κ3) is 3.03. The second kappa shape index (κ2) is 6.14. The second-order valence-corrected chi connectivity index (χ2v) is 6.85. The number of nitrogens with one attached hydrogen (secondary N) is 1. The zero-order valence-corrected chi connectivity index (χ0v) is 14.6. The number of rotatable bonds is 4. The van der Waals surface area contributed by atoms with E-state index in [9.17, 15) is 14.7 Å². The van der Waals surface area contributed by atoms with Crippen molar-refractivity contribution >= 4 is 35.1 Å². The molecule has 0 radical (unpaired) electrons. The summed E-state index contributed by atoms with van der Waals surface area (Å²) >= 11 is 5.96. The Morgan fingerprint density at radius 3 is 2.81 bits per heavy atom. The Balaban J connectivity index is 1.57. The van der Waals surface area contributed by atoms with Gasteiger partial charge in [0.15, 0.2) is 0 Å². The highest BCUT2D eigenvalue weighted by atomic mass is 35.5. The highest BCUT2D eigenvalue weighted by molar-refractivity contribution is 6.30. The quantitative estimate of drug-likeness (QED) is 0.730. The molecule has 0 spiro atoms. The molecule has 1 atom stereocenters. The van der Waals surface area contributed by atoms with Crippen LogP contribution in [-0.2, 0) is 4.79 Å². The number of carbonyl (C=O) groups excluding carboxylic acids is 1. The van der Waals surface area contributed by atoms with Crippen molar-refractivity contribution in [2.75, 3.05) is 5.32 Å². The minimum Gasteiger partial charge on any atom is -0.463 e. The molecule has 1 aliphatic carbocycles. The number of carbonyl (C=O) groups is 2. The van der Waals surface area contributed by atoms with E-state index >= 15 is 0 Å². The number of pyridine rings is 1. The van der Waals surface area contributed by atoms with Crippen molar-refractivity contribution in [2.24, 2.45) is 0 Å². The maximum Gasteiger partial charge on any atom is 0.434 e. The molecule has 4 rings (SSSR count). The van der Waals surface area contributed by atoms with Gasteiger partial charge < -0.3 is 14.8 Å². The molecule has 3 aromatic rings. The number of halogens is 1. The number of nitrogens with zero attached hydrogens (tertiary/aromatic N) is 4. The maximum atomic E-state index is 12.6. The van der Waals surface area contributed by atoms with Crippen LogP contribution in [0.15, 0.2) is 30.6 Å². The lowest BCUT2D eigenvalue weighted by Crippen LogP contribution is -2.23. The number of hydrogen-bond acceptors (Lipinski definition) is 4. The van der Waals surface area contributed by atoms with Gasteiger partial charge in [0.1, 0.15) is 11.5 Å². The summed E-state index contributed by atoms with van der Waals surface area (Å²) in [5, 5.41) is 16.6. The van der Waals surface area contributed by atoms with E-state index < -0.39 is 12.0 Å². The molecule has 1 unspecified atom stereocenters. The van der Waals surface area contributed by atoms with Gasteiger partial charge in [-0.3, -0.25) is 4.79 Å². The number of aromatic nitrogens is 4. The van der Waals surface area contributed by atoms with Crippen molar-refractivity contribution in [1.82, 2.24) is 19.2 Å². The normalized spacial score (nSPS) is 15.2. The minimum atomic E-state index is -1.23. The number of imidazole rings is 1. The molecule has 0 aromatic carbocycles.